The number of hydrogen-bond donors (Lipinski definition) is 2. The van der Waals surface area contributed by atoms with Crippen molar-refractivity contribution in [2.75, 3.05) is 4.90 Å². The number of aromatic hydroxyl groups is 1. The zero-order chi connectivity index (χ0) is 19.7. The molecule has 0 saturated carbocycles. The second kappa shape index (κ2) is 6.89. The molecule has 0 radical (unpaired) electrons. The Morgan fingerprint density at radius 1 is 1.11 bits per heavy atom. The van der Waals surface area contributed by atoms with Gasteiger partial charge in [0.15, 0.2) is 0 Å². The molecule has 27 heavy (non-hydrogen) atoms. The van der Waals surface area contributed by atoms with Gasteiger partial charge in [0.1, 0.15) is 11.3 Å². The summed E-state index contributed by atoms with van der Waals surface area (Å²) in [6.45, 7) is 0. The first kappa shape index (κ1) is 18.1. The first-order valence-electron chi connectivity index (χ1n) is 7.42. The maximum atomic E-state index is 12.7. The highest BCUT2D eigenvalue weighted by Crippen LogP contribution is 2.28. The van der Waals surface area contributed by atoms with Gasteiger partial charge in [0.05, 0.1) is 10.6 Å². The summed E-state index contributed by atoms with van der Waals surface area (Å²) in [5.74, 6) is -2.30. The van der Waals surface area contributed by atoms with Gasteiger partial charge in [0.25, 0.3) is 17.5 Å². The number of imide groups is 2. The molecular formula is C17H10ClN3O6. The molecule has 136 valence electrons. The van der Waals surface area contributed by atoms with Gasteiger partial charge in [-0.15, -0.1) is 0 Å². The van der Waals surface area contributed by atoms with Crippen LogP contribution in [0.1, 0.15) is 5.56 Å². The lowest BCUT2D eigenvalue weighted by Gasteiger charge is -2.26. The summed E-state index contributed by atoms with van der Waals surface area (Å²) in [5, 5.41) is 23.2. The molecule has 0 atom stereocenters. The van der Waals surface area contributed by atoms with Crippen molar-refractivity contribution in [2.24, 2.45) is 0 Å². The highest BCUT2D eigenvalue weighted by molar-refractivity contribution is 6.39. The number of carbonyl (C=O) groups is 3. The van der Waals surface area contributed by atoms with Crippen molar-refractivity contribution >= 4 is 46.9 Å². The molecule has 2 N–H and O–H groups in total. The number of phenols is 1. The van der Waals surface area contributed by atoms with Crippen molar-refractivity contribution in [3.63, 3.8) is 0 Å². The molecule has 0 aliphatic carbocycles. The molecule has 0 aromatic heterocycles. The number of rotatable bonds is 3. The van der Waals surface area contributed by atoms with Crippen molar-refractivity contribution in [1.29, 1.82) is 0 Å². The van der Waals surface area contributed by atoms with Crippen LogP contribution in [0.5, 0.6) is 5.75 Å². The van der Waals surface area contributed by atoms with E-state index in [-0.39, 0.29) is 22.7 Å². The van der Waals surface area contributed by atoms with E-state index in [0.29, 0.717) is 5.02 Å². The number of nitrogens with one attached hydrogen (secondary N) is 1. The molecule has 1 saturated heterocycles. The minimum absolute atomic E-state index is 0.117. The van der Waals surface area contributed by atoms with Crippen LogP contribution >= 0.6 is 11.6 Å². The van der Waals surface area contributed by atoms with E-state index in [9.17, 15) is 29.6 Å². The number of nitro benzene ring substituents is 1. The molecule has 0 bridgehead atoms. The van der Waals surface area contributed by atoms with Gasteiger partial charge < -0.3 is 5.11 Å². The molecule has 1 aliphatic heterocycles. The summed E-state index contributed by atoms with van der Waals surface area (Å²) in [6.07, 6.45) is 0.982. The number of non-ortho nitro benzene ring substituents is 1. The largest absolute Gasteiger partial charge is 0.507 e. The Labute approximate surface area is 156 Å². The first-order valence-corrected chi connectivity index (χ1v) is 7.80. The average Bonchev–Trinajstić information content (AvgIpc) is 2.61. The van der Waals surface area contributed by atoms with Crippen molar-refractivity contribution in [1.82, 2.24) is 5.32 Å². The number of anilines is 1. The van der Waals surface area contributed by atoms with Gasteiger partial charge >= 0.3 is 6.03 Å². The van der Waals surface area contributed by atoms with E-state index in [4.69, 9.17) is 11.6 Å². The number of nitro groups is 1. The smallest absolute Gasteiger partial charge is 0.335 e. The van der Waals surface area contributed by atoms with Crippen LogP contribution in [0.4, 0.5) is 16.2 Å². The molecule has 10 heteroatoms. The Kier molecular flexibility index (Phi) is 4.61. The molecule has 0 spiro atoms. The van der Waals surface area contributed by atoms with Gasteiger partial charge in [-0.1, -0.05) is 11.6 Å². The summed E-state index contributed by atoms with van der Waals surface area (Å²) in [4.78, 5) is 47.8. The Morgan fingerprint density at radius 2 is 1.78 bits per heavy atom. The highest BCUT2D eigenvalue weighted by atomic mass is 35.5. The molecule has 1 fully saturated rings. The Hall–Kier alpha value is -3.72. The summed E-state index contributed by atoms with van der Waals surface area (Å²) < 4.78 is 0. The Bertz CT molecular complexity index is 1020. The normalized spacial score (nSPS) is 15.8. The van der Waals surface area contributed by atoms with Gasteiger partial charge in [0, 0.05) is 22.7 Å². The van der Waals surface area contributed by atoms with E-state index in [1.54, 1.807) is 0 Å². The van der Waals surface area contributed by atoms with Crippen LogP contribution in [0, 0.1) is 10.1 Å². The van der Waals surface area contributed by atoms with Gasteiger partial charge in [-0.05, 0) is 36.4 Å². The second-order valence-electron chi connectivity index (χ2n) is 5.43. The molecule has 9 nitrogen and oxygen atoms in total. The number of barbiturate groups is 1. The number of phenolic OH excluding ortho intramolecular Hbond substituents is 1. The van der Waals surface area contributed by atoms with Gasteiger partial charge in [0.2, 0.25) is 0 Å². The van der Waals surface area contributed by atoms with E-state index >= 15 is 0 Å². The van der Waals surface area contributed by atoms with E-state index < -0.39 is 28.3 Å². The fraction of sp³-hybridized carbons (Fsp3) is 0. The lowest BCUT2D eigenvalue weighted by molar-refractivity contribution is -0.384. The Morgan fingerprint density at radius 3 is 2.41 bits per heavy atom. The second-order valence-corrected chi connectivity index (χ2v) is 5.87. The predicted octanol–water partition coefficient (Wildman–Crippen LogP) is 2.62. The molecule has 1 aliphatic rings. The number of amides is 4. The number of nitrogens with zero attached hydrogens (tertiary/aromatic N) is 2. The summed E-state index contributed by atoms with van der Waals surface area (Å²) in [6, 6.07) is 7.95. The van der Waals surface area contributed by atoms with Crippen LogP contribution in [0.3, 0.4) is 0 Å². The van der Waals surface area contributed by atoms with E-state index in [1.807, 2.05) is 5.32 Å². The van der Waals surface area contributed by atoms with E-state index in [0.717, 1.165) is 29.2 Å². The maximum absolute atomic E-state index is 12.7. The first-order chi connectivity index (χ1) is 12.8. The standard InChI is InChI=1S/C17H10ClN3O6/c18-10-1-3-11(4-2-10)20-16(24)13(15(23)19-17(20)25)8-9-7-12(21(26)27)5-6-14(9)22/h1-8,22H,(H,19,23,25)/b13-8+. The van der Waals surface area contributed by atoms with E-state index in [2.05, 4.69) is 0 Å². The summed E-state index contributed by atoms with van der Waals surface area (Å²) >= 11 is 5.79. The monoisotopic (exact) mass is 387 g/mol. The maximum Gasteiger partial charge on any atom is 0.335 e. The van der Waals surface area contributed by atoms with Crippen LogP contribution in [-0.2, 0) is 9.59 Å². The predicted molar refractivity (Wildman–Crippen MR) is 95.2 cm³/mol. The van der Waals surface area contributed by atoms with Crippen LogP contribution in [0.2, 0.25) is 5.02 Å². The fourth-order valence-corrected chi connectivity index (χ4v) is 2.53. The van der Waals surface area contributed by atoms with Crippen molar-refractivity contribution in [3.05, 3.63) is 68.7 Å². The number of hydrogen-bond acceptors (Lipinski definition) is 6. The highest BCUT2D eigenvalue weighted by Gasteiger charge is 2.37. The van der Waals surface area contributed by atoms with Gasteiger partial charge in [-0.25, -0.2) is 9.69 Å². The third kappa shape index (κ3) is 3.48. The van der Waals surface area contributed by atoms with Crippen molar-refractivity contribution in [3.8, 4) is 5.75 Å². The molecular weight excluding hydrogens is 378 g/mol. The van der Waals surface area contributed by atoms with Crippen molar-refractivity contribution in [2.45, 2.75) is 0 Å². The minimum atomic E-state index is -0.985. The molecule has 0 unspecified atom stereocenters. The Balaban J connectivity index is 2.06. The third-order valence-corrected chi connectivity index (χ3v) is 3.96. The molecule has 1 heterocycles. The summed E-state index contributed by atoms with van der Waals surface area (Å²) in [5.41, 5.74) is -0.758. The quantitative estimate of drug-likeness (QED) is 0.360. The zero-order valence-corrected chi connectivity index (χ0v) is 14.1. The third-order valence-electron chi connectivity index (χ3n) is 3.71. The molecule has 3 rings (SSSR count). The molecule has 2 aromatic rings. The zero-order valence-electron chi connectivity index (χ0n) is 13.4. The van der Waals surface area contributed by atoms with Gasteiger partial charge in [-0.3, -0.25) is 25.0 Å². The van der Waals surface area contributed by atoms with Crippen LogP contribution in [-0.4, -0.2) is 27.9 Å². The van der Waals surface area contributed by atoms with Gasteiger partial charge in [-0.2, -0.15) is 0 Å². The van der Waals surface area contributed by atoms with Crippen LogP contribution in [0.25, 0.3) is 6.08 Å². The van der Waals surface area contributed by atoms with Crippen LogP contribution in [0.15, 0.2) is 48.0 Å². The number of urea groups is 1. The molecule has 4 amide bonds. The summed E-state index contributed by atoms with van der Waals surface area (Å²) in [7, 11) is 0. The van der Waals surface area contributed by atoms with Crippen LogP contribution < -0.4 is 10.2 Å². The number of halogens is 1. The minimum Gasteiger partial charge on any atom is -0.507 e. The SMILES string of the molecule is O=C1NC(=O)N(c2ccc(Cl)cc2)C(=O)/C1=C/c1cc([N+](=O)[O-])ccc1O. The lowest BCUT2D eigenvalue weighted by atomic mass is 10.1. The number of carbonyl (C=O) groups excluding carboxylic acids is 3. The average molecular weight is 388 g/mol. The number of benzene rings is 2. The topological polar surface area (TPSA) is 130 Å². The van der Waals surface area contributed by atoms with E-state index in [1.165, 1.54) is 24.3 Å². The molecule has 2 aromatic carbocycles. The fourth-order valence-electron chi connectivity index (χ4n) is 2.41. The van der Waals surface area contributed by atoms with Crippen molar-refractivity contribution < 1.29 is 24.4 Å². The lowest BCUT2D eigenvalue weighted by Crippen LogP contribution is -2.54.